The second kappa shape index (κ2) is 11.4. The number of carbonyl (C=O) groups excluding carboxylic acids is 3. The minimum atomic E-state index is -0.422. The second-order valence-corrected chi connectivity index (χ2v) is 8.31. The van der Waals surface area contributed by atoms with Gasteiger partial charge in [-0.3, -0.25) is 0 Å². The molecule has 4 aromatic rings. The van der Waals surface area contributed by atoms with E-state index >= 15 is 0 Å². The molecule has 38 heavy (non-hydrogen) atoms. The number of ether oxygens (including phenoxy) is 4. The van der Waals surface area contributed by atoms with E-state index < -0.39 is 17.9 Å². The SMILES string of the molecule is COC(=O)c1ccc(-c2cc(-c3ccc(C(=O)OC)cc3)c(OC)c(-c3ccc(C(=O)OC)cc3)c2)cc1. The maximum atomic E-state index is 11.9. The van der Waals surface area contributed by atoms with Crippen molar-refractivity contribution < 1.29 is 33.3 Å². The molecule has 0 atom stereocenters. The van der Waals surface area contributed by atoms with Gasteiger partial charge in [-0.2, -0.15) is 0 Å². The molecular weight excluding hydrogens is 484 g/mol. The summed E-state index contributed by atoms with van der Waals surface area (Å²) in [5.74, 6) is -0.635. The van der Waals surface area contributed by atoms with Gasteiger partial charge in [-0.15, -0.1) is 0 Å². The molecule has 0 saturated carbocycles. The van der Waals surface area contributed by atoms with E-state index in [9.17, 15) is 14.4 Å². The van der Waals surface area contributed by atoms with Crippen molar-refractivity contribution >= 4 is 17.9 Å². The molecule has 7 heteroatoms. The molecule has 4 aromatic carbocycles. The Labute approximate surface area is 220 Å². The third-order valence-corrected chi connectivity index (χ3v) is 6.17. The van der Waals surface area contributed by atoms with Gasteiger partial charge in [0, 0.05) is 11.1 Å². The van der Waals surface area contributed by atoms with Gasteiger partial charge in [0.1, 0.15) is 5.75 Å². The van der Waals surface area contributed by atoms with Crippen LogP contribution < -0.4 is 4.74 Å². The smallest absolute Gasteiger partial charge is 0.337 e. The zero-order valence-electron chi connectivity index (χ0n) is 21.4. The monoisotopic (exact) mass is 510 g/mol. The van der Waals surface area contributed by atoms with Crippen molar-refractivity contribution in [3.63, 3.8) is 0 Å². The molecule has 192 valence electrons. The van der Waals surface area contributed by atoms with Crippen LogP contribution in [-0.2, 0) is 14.2 Å². The number of methoxy groups -OCH3 is 4. The molecule has 0 aliphatic carbocycles. The van der Waals surface area contributed by atoms with E-state index in [1.807, 2.05) is 48.5 Å². The fourth-order valence-electron chi connectivity index (χ4n) is 4.17. The number of hydrogen-bond donors (Lipinski definition) is 0. The zero-order chi connectivity index (χ0) is 27.2. The molecule has 0 aliphatic rings. The maximum Gasteiger partial charge on any atom is 0.337 e. The van der Waals surface area contributed by atoms with E-state index in [0.29, 0.717) is 22.4 Å². The van der Waals surface area contributed by atoms with E-state index in [0.717, 1.165) is 33.4 Å². The van der Waals surface area contributed by atoms with Crippen molar-refractivity contribution in [1.29, 1.82) is 0 Å². The van der Waals surface area contributed by atoms with Gasteiger partial charge in [0.15, 0.2) is 0 Å². The van der Waals surface area contributed by atoms with Gasteiger partial charge >= 0.3 is 17.9 Å². The standard InChI is InChI=1S/C31H26O7/c1-35-28-26(20-7-13-23(14-8-20)30(33)37-3)17-25(19-5-11-22(12-6-19)29(32)36-2)18-27(28)21-9-15-24(16-10-21)31(34)38-4/h5-18H,1-4H3. The van der Waals surface area contributed by atoms with Crippen LogP contribution in [0.2, 0.25) is 0 Å². The molecule has 0 N–H and O–H groups in total. The largest absolute Gasteiger partial charge is 0.495 e. The van der Waals surface area contributed by atoms with E-state index in [1.165, 1.54) is 21.3 Å². The Morgan fingerprint density at radius 1 is 0.447 bits per heavy atom. The topological polar surface area (TPSA) is 88.1 Å². The van der Waals surface area contributed by atoms with Crippen LogP contribution in [0.5, 0.6) is 5.75 Å². The van der Waals surface area contributed by atoms with Crippen LogP contribution in [0.1, 0.15) is 31.1 Å². The van der Waals surface area contributed by atoms with Crippen LogP contribution in [0.4, 0.5) is 0 Å². The Morgan fingerprint density at radius 3 is 1.05 bits per heavy atom. The van der Waals surface area contributed by atoms with E-state index in [-0.39, 0.29) is 0 Å². The Morgan fingerprint density at radius 2 is 0.763 bits per heavy atom. The van der Waals surface area contributed by atoms with Crippen molar-refractivity contribution in [1.82, 2.24) is 0 Å². The highest BCUT2D eigenvalue weighted by atomic mass is 16.5. The summed E-state index contributed by atoms with van der Waals surface area (Å²) in [5.41, 5.74) is 6.32. The first-order valence-corrected chi connectivity index (χ1v) is 11.7. The molecule has 0 bridgehead atoms. The molecule has 0 aromatic heterocycles. The number of benzene rings is 4. The highest BCUT2D eigenvalue weighted by Crippen LogP contribution is 2.42. The predicted octanol–water partition coefficient (Wildman–Crippen LogP) is 6.06. The van der Waals surface area contributed by atoms with Gasteiger partial charge in [0.05, 0.1) is 45.1 Å². The molecule has 7 nitrogen and oxygen atoms in total. The molecule has 0 unspecified atom stereocenters. The maximum absolute atomic E-state index is 11.9. The predicted molar refractivity (Wildman–Crippen MR) is 143 cm³/mol. The van der Waals surface area contributed by atoms with Gasteiger partial charge in [-0.25, -0.2) is 14.4 Å². The van der Waals surface area contributed by atoms with Crippen LogP contribution in [0.25, 0.3) is 33.4 Å². The fraction of sp³-hybridized carbons (Fsp3) is 0.129. The number of carbonyl (C=O) groups is 3. The summed E-state index contributed by atoms with van der Waals surface area (Å²) in [7, 11) is 5.62. The van der Waals surface area contributed by atoms with Gasteiger partial charge in [-0.05, 0) is 70.8 Å². The van der Waals surface area contributed by atoms with Crippen LogP contribution in [-0.4, -0.2) is 46.3 Å². The molecule has 0 spiro atoms. The van der Waals surface area contributed by atoms with E-state index in [1.54, 1.807) is 43.5 Å². The normalized spacial score (nSPS) is 10.4. The van der Waals surface area contributed by atoms with Crippen molar-refractivity contribution in [3.8, 4) is 39.1 Å². The second-order valence-electron chi connectivity index (χ2n) is 8.31. The summed E-state index contributed by atoms with van der Waals surface area (Å²) in [6.45, 7) is 0. The van der Waals surface area contributed by atoms with Gasteiger partial charge < -0.3 is 18.9 Å². The molecule has 0 saturated heterocycles. The molecular formula is C31H26O7. The van der Waals surface area contributed by atoms with Crippen LogP contribution in [0, 0.1) is 0 Å². The Hall–Kier alpha value is -4.91. The average molecular weight is 511 g/mol. The molecule has 0 aliphatic heterocycles. The molecule has 0 fully saturated rings. The minimum absolute atomic E-state index is 0.413. The van der Waals surface area contributed by atoms with Gasteiger partial charge in [0.25, 0.3) is 0 Å². The lowest BCUT2D eigenvalue weighted by Crippen LogP contribution is -2.01. The van der Waals surface area contributed by atoms with Crippen LogP contribution >= 0.6 is 0 Å². The summed E-state index contributed by atoms with van der Waals surface area (Å²) >= 11 is 0. The highest BCUT2D eigenvalue weighted by Gasteiger charge is 2.18. The molecule has 0 amide bonds. The first-order chi connectivity index (χ1) is 18.4. The zero-order valence-corrected chi connectivity index (χ0v) is 21.4. The van der Waals surface area contributed by atoms with Crippen molar-refractivity contribution in [2.75, 3.05) is 28.4 Å². The number of hydrogen-bond acceptors (Lipinski definition) is 7. The lowest BCUT2D eigenvalue weighted by molar-refractivity contribution is 0.0592. The summed E-state index contributed by atoms with van der Waals surface area (Å²) in [4.78, 5) is 35.8. The first-order valence-electron chi connectivity index (χ1n) is 11.7. The number of esters is 3. The third-order valence-electron chi connectivity index (χ3n) is 6.17. The lowest BCUT2D eigenvalue weighted by Gasteiger charge is -2.18. The quantitative estimate of drug-likeness (QED) is 0.221. The summed E-state index contributed by atoms with van der Waals surface area (Å²) in [5, 5.41) is 0. The van der Waals surface area contributed by atoms with E-state index in [2.05, 4.69) is 0 Å². The Bertz CT molecular complexity index is 1390. The fourth-order valence-corrected chi connectivity index (χ4v) is 4.17. The third kappa shape index (κ3) is 5.27. The van der Waals surface area contributed by atoms with Crippen molar-refractivity contribution in [3.05, 3.63) is 102 Å². The number of rotatable bonds is 7. The summed E-state index contributed by atoms with van der Waals surface area (Å²) in [6.07, 6.45) is 0. The van der Waals surface area contributed by atoms with Crippen LogP contribution in [0.15, 0.2) is 84.9 Å². The Kier molecular flexibility index (Phi) is 7.87. The average Bonchev–Trinajstić information content (AvgIpc) is 2.99. The van der Waals surface area contributed by atoms with E-state index in [4.69, 9.17) is 18.9 Å². The lowest BCUT2D eigenvalue weighted by atomic mass is 9.91. The first kappa shape index (κ1) is 26.2. The Balaban J connectivity index is 1.89. The molecule has 0 heterocycles. The van der Waals surface area contributed by atoms with Gasteiger partial charge in [-0.1, -0.05) is 36.4 Å². The van der Waals surface area contributed by atoms with Crippen molar-refractivity contribution in [2.24, 2.45) is 0 Å². The summed E-state index contributed by atoms with van der Waals surface area (Å²) in [6, 6.07) is 25.2. The molecule has 4 rings (SSSR count). The molecule has 0 radical (unpaired) electrons. The highest BCUT2D eigenvalue weighted by molar-refractivity contribution is 5.94. The summed E-state index contributed by atoms with van der Waals surface area (Å²) < 4.78 is 20.3. The van der Waals surface area contributed by atoms with Gasteiger partial charge in [0.2, 0.25) is 0 Å². The van der Waals surface area contributed by atoms with Crippen LogP contribution in [0.3, 0.4) is 0 Å². The minimum Gasteiger partial charge on any atom is -0.495 e. The van der Waals surface area contributed by atoms with Crippen molar-refractivity contribution in [2.45, 2.75) is 0 Å².